The summed E-state index contributed by atoms with van der Waals surface area (Å²) in [5.74, 6) is 0.0474. The first-order chi connectivity index (χ1) is 15.0. The number of carbonyl (C=O) groups excluding carboxylic acids is 2. The van der Waals surface area contributed by atoms with Gasteiger partial charge in [0.1, 0.15) is 5.41 Å². The second kappa shape index (κ2) is 7.76. The van der Waals surface area contributed by atoms with Crippen molar-refractivity contribution in [2.45, 2.75) is 30.7 Å². The fourth-order valence-corrected chi connectivity index (χ4v) is 5.75. The molecule has 0 bridgehead atoms. The SMILES string of the molecule is Cn1cc(C2N(C(=O)C3CCN(CCO)CC3)CCC23C(=O)Nc2ccccc23)cn1. The van der Waals surface area contributed by atoms with Crippen LogP contribution in [0.2, 0.25) is 0 Å². The van der Waals surface area contributed by atoms with E-state index in [0.29, 0.717) is 19.5 Å². The van der Waals surface area contributed by atoms with Gasteiger partial charge in [-0.3, -0.25) is 14.3 Å². The molecule has 8 heteroatoms. The maximum atomic E-state index is 13.7. The van der Waals surface area contributed by atoms with Crippen molar-refractivity contribution in [1.29, 1.82) is 0 Å². The summed E-state index contributed by atoms with van der Waals surface area (Å²) < 4.78 is 1.73. The summed E-state index contributed by atoms with van der Waals surface area (Å²) in [7, 11) is 1.86. The number of carbonyl (C=O) groups is 2. The summed E-state index contributed by atoms with van der Waals surface area (Å²) in [6.45, 7) is 2.98. The first kappa shape index (κ1) is 20.2. The number of benzene rings is 1. The van der Waals surface area contributed by atoms with Crippen LogP contribution >= 0.6 is 0 Å². The van der Waals surface area contributed by atoms with E-state index in [9.17, 15) is 14.7 Å². The maximum Gasteiger partial charge on any atom is 0.237 e. The summed E-state index contributed by atoms with van der Waals surface area (Å²) in [6.07, 6.45) is 5.88. The van der Waals surface area contributed by atoms with E-state index in [-0.39, 0.29) is 30.4 Å². The summed E-state index contributed by atoms with van der Waals surface area (Å²) >= 11 is 0. The van der Waals surface area contributed by atoms with Gasteiger partial charge in [0.05, 0.1) is 18.8 Å². The number of anilines is 1. The Balaban J connectivity index is 1.49. The molecule has 2 amide bonds. The Hall–Kier alpha value is -2.71. The number of hydrogen-bond donors (Lipinski definition) is 2. The lowest BCUT2D eigenvalue weighted by atomic mass is 9.73. The third kappa shape index (κ3) is 3.16. The topological polar surface area (TPSA) is 90.7 Å². The minimum absolute atomic E-state index is 0.0318. The number of aryl methyl sites for hydroxylation is 1. The molecule has 1 spiro atoms. The van der Waals surface area contributed by atoms with Crippen molar-refractivity contribution in [3.05, 3.63) is 47.8 Å². The largest absolute Gasteiger partial charge is 0.395 e. The lowest BCUT2D eigenvalue weighted by molar-refractivity contribution is -0.139. The smallest absolute Gasteiger partial charge is 0.237 e. The van der Waals surface area contributed by atoms with Gasteiger partial charge < -0.3 is 20.2 Å². The van der Waals surface area contributed by atoms with Crippen LogP contribution in [0.4, 0.5) is 5.69 Å². The van der Waals surface area contributed by atoms with Crippen LogP contribution in [-0.4, -0.2) is 69.3 Å². The Morgan fingerprint density at radius 3 is 2.74 bits per heavy atom. The number of aromatic nitrogens is 2. The van der Waals surface area contributed by atoms with Gasteiger partial charge in [0.25, 0.3) is 0 Å². The van der Waals surface area contributed by atoms with E-state index in [0.717, 1.165) is 42.7 Å². The summed E-state index contributed by atoms with van der Waals surface area (Å²) in [5.41, 5.74) is 1.93. The number of aliphatic hydroxyl groups is 1. The normalized spacial score (nSPS) is 26.5. The van der Waals surface area contributed by atoms with Crippen molar-refractivity contribution in [3.8, 4) is 0 Å². The second-order valence-corrected chi connectivity index (χ2v) is 8.94. The van der Waals surface area contributed by atoms with Gasteiger partial charge in [0.15, 0.2) is 0 Å². The Labute approximate surface area is 181 Å². The first-order valence-corrected chi connectivity index (χ1v) is 11.1. The third-order valence-corrected chi connectivity index (χ3v) is 7.26. The highest BCUT2D eigenvalue weighted by Gasteiger charge is 2.60. The molecule has 2 atom stereocenters. The molecule has 8 nitrogen and oxygen atoms in total. The monoisotopic (exact) mass is 423 g/mol. The van der Waals surface area contributed by atoms with Crippen LogP contribution in [0, 0.1) is 5.92 Å². The van der Waals surface area contributed by atoms with Gasteiger partial charge in [-0.15, -0.1) is 0 Å². The standard InChI is InChI=1S/C23H29N5O3/c1-26-15-17(14-24-26)20-23(18-4-2-3-5-19(18)25-22(23)31)8-11-28(20)21(30)16-6-9-27(10-7-16)12-13-29/h2-5,14-16,20,29H,6-13H2,1H3,(H,25,31). The Morgan fingerprint density at radius 2 is 2.03 bits per heavy atom. The van der Waals surface area contributed by atoms with Crippen LogP contribution in [0.25, 0.3) is 0 Å². The van der Waals surface area contributed by atoms with Crippen molar-refractivity contribution >= 4 is 17.5 Å². The third-order valence-electron chi connectivity index (χ3n) is 7.26. The number of para-hydroxylation sites is 1. The van der Waals surface area contributed by atoms with E-state index in [1.54, 1.807) is 10.9 Å². The predicted octanol–water partition coefficient (Wildman–Crippen LogP) is 1.29. The lowest BCUT2D eigenvalue weighted by Crippen LogP contribution is -2.46. The highest BCUT2D eigenvalue weighted by Crippen LogP contribution is 2.55. The van der Waals surface area contributed by atoms with E-state index in [1.165, 1.54) is 0 Å². The van der Waals surface area contributed by atoms with Crippen molar-refractivity contribution in [1.82, 2.24) is 19.6 Å². The number of likely N-dealkylation sites (tertiary alicyclic amines) is 2. The number of piperidine rings is 1. The molecule has 2 saturated heterocycles. The fraction of sp³-hybridized carbons (Fsp3) is 0.522. The van der Waals surface area contributed by atoms with Gasteiger partial charge in [-0.25, -0.2) is 0 Å². The highest BCUT2D eigenvalue weighted by atomic mass is 16.3. The molecule has 2 aromatic rings. The molecule has 164 valence electrons. The van der Waals surface area contributed by atoms with E-state index in [4.69, 9.17) is 0 Å². The van der Waals surface area contributed by atoms with Crippen molar-refractivity contribution in [3.63, 3.8) is 0 Å². The van der Waals surface area contributed by atoms with Crippen LogP contribution in [-0.2, 0) is 22.1 Å². The predicted molar refractivity (Wildman–Crippen MR) is 115 cm³/mol. The van der Waals surface area contributed by atoms with Crippen LogP contribution in [0.15, 0.2) is 36.7 Å². The molecule has 1 aromatic carbocycles. The van der Waals surface area contributed by atoms with Crippen molar-refractivity contribution < 1.29 is 14.7 Å². The number of nitrogens with zero attached hydrogens (tertiary/aromatic N) is 4. The number of rotatable bonds is 4. The molecule has 31 heavy (non-hydrogen) atoms. The minimum atomic E-state index is -0.785. The van der Waals surface area contributed by atoms with E-state index < -0.39 is 5.41 Å². The van der Waals surface area contributed by atoms with Crippen LogP contribution < -0.4 is 5.32 Å². The summed E-state index contributed by atoms with van der Waals surface area (Å²) in [4.78, 5) is 31.3. The Kier molecular flexibility index (Phi) is 5.06. The molecule has 0 radical (unpaired) electrons. The average molecular weight is 424 g/mol. The van der Waals surface area contributed by atoms with E-state index in [2.05, 4.69) is 15.3 Å². The molecule has 2 N–H and O–H groups in total. The second-order valence-electron chi connectivity index (χ2n) is 8.94. The number of hydrogen-bond acceptors (Lipinski definition) is 5. The number of fused-ring (bicyclic) bond motifs is 2. The quantitative estimate of drug-likeness (QED) is 0.773. The van der Waals surface area contributed by atoms with E-state index in [1.807, 2.05) is 42.4 Å². The fourth-order valence-electron chi connectivity index (χ4n) is 5.75. The van der Waals surface area contributed by atoms with Gasteiger partial charge in [0.2, 0.25) is 11.8 Å². The number of nitrogens with one attached hydrogen (secondary N) is 1. The van der Waals surface area contributed by atoms with Gasteiger partial charge >= 0.3 is 0 Å². The zero-order valence-electron chi connectivity index (χ0n) is 17.8. The number of β-amino-alcohol motifs (C(OH)–C–C–N with tert-alkyl or cyclic N) is 1. The molecule has 2 unspecified atom stereocenters. The first-order valence-electron chi connectivity index (χ1n) is 11.1. The number of aliphatic hydroxyl groups excluding tert-OH is 1. The summed E-state index contributed by atoms with van der Waals surface area (Å²) in [5, 5.41) is 16.6. The van der Waals surface area contributed by atoms with Gasteiger partial charge in [0, 0.05) is 43.5 Å². The summed E-state index contributed by atoms with van der Waals surface area (Å²) in [6, 6.07) is 7.46. The zero-order valence-corrected chi connectivity index (χ0v) is 17.8. The maximum absolute atomic E-state index is 13.7. The Morgan fingerprint density at radius 1 is 1.26 bits per heavy atom. The molecule has 3 aliphatic rings. The molecule has 0 saturated carbocycles. The van der Waals surface area contributed by atoms with Crippen molar-refractivity contribution in [2.75, 3.05) is 38.1 Å². The number of amides is 2. The lowest BCUT2D eigenvalue weighted by Gasteiger charge is -2.37. The molecule has 3 aliphatic heterocycles. The van der Waals surface area contributed by atoms with Gasteiger partial charge in [-0.2, -0.15) is 5.10 Å². The average Bonchev–Trinajstić information content (AvgIpc) is 3.45. The van der Waals surface area contributed by atoms with E-state index >= 15 is 0 Å². The highest BCUT2D eigenvalue weighted by molar-refractivity contribution is 6.07. The van der Waals surface area contributed by atoms with Crippen LogP contribution in [0.3, 0.4) is 0 Å². The minimum Gasteiger partial charge on any atom is -0.395 e. The molecule has 0 aliphatic carbocycles. The van der Waals surface area contributed by atoms with Gasteiger partial charge in [-0.1, -0.05) is 18.2 Å². The van der Waals surface area contributed by atoms with Crippen molar-refractivity contribution in [2.24, 2.45) is 13.0 Å². The Bertz CT molecular complexity index is 997. The zero-order chi connectivity index (χ0) is 21.6. The molecule has 5 rings (SSSR count). The molecule has 1 aromatic heterocycles. The van der Waals surface area contributed by atoms with Crippen LogP contribution in [0.1, 0.15) is 36.4 Å². The van der Waals surface area contributed by atoms with Crippen LogP contribution in [0.5, 0.6) is 0 Å². The molecular weight excluding hydrogens is 394 g/mol. The molecular formula is C23H29N5O3. The molecule has 2 fully saturated rings. The molecule has 4 heterocycles. The van der Waals surface area contributed by atoms with Gasteiger partial charge in [-0.05, 0) is 44.0 Å².